The van der Waals surface area contributed by atoms with E-state index >= 15 is 0 Å². The fourth-order valence-corrected chi connectivity index (χ4v) is 3.74. The van der Waals surface area contributed by atoms with Crippen LogP contribution in [0, 0.1) is 5.92 Å². The lowest BCUT2D eigenvalue weighted by Crippen LogP contribution is -2.28. The molecule has 0 spiro atoms. The SMILES string of the molecule is O=C(COC(=O)c1ccc(NC(=O)[C@H]2CC(=O)N(c3ccc(Cl)cc3)C2)cc1)c1ccccc1. The number of hydrogen-bond donors (Lipinski definition) is 1. The summed E-state index contributed by atoms with van der Waals surface area (Å²) in [4.78, 5) is 50.9. The van der Waals surface area contributed by atoms with E-state index in [1.54, 1.807) is 71.6 Å². The Morgan fingerprint density at radius 1 is 0.912 bits per heavy atom. The maximum atomic E-state index is 12.7. The largest absolute Gasteiger partial charge is 0.454 e. The molecule has 0 aliphatic carbocycles. The third-order valence-corrected chi connectivity index (χ3v) is 5.70. The van der Waals surface area contributed by atoms with Crippen molar-refractivity contribution in [3.05, 3.63) is 95.0 Å². The van der Waals surface area contributed by atoms with Crippen LogP contribution in [0.3, 0.4) is 0 Å². The lowest BCUT2D eigenvalue weighted by molar-refractivity contribution is -0.122. The van der Waals surface area contributed by atoms with E-state index in [2.05, 4.69) is 5.32 Å². The number of nitrogens with zero attached hydrogens (tertiary/aromatic N) is 1. The van der Waals surface area contributed by atoms with Gasteiger partial charge in [-0.05, 0) is 48.5 Å². The first-order valence-electron chi connectivity index (χ1n) is 10.6. The Bertz CT molecular complexity index is 1210. The number of ketones is 1. The van der Waals surface area contributed by atoms with Gasteiger partial charge in [0.25, 0.3) is 0 Å². The van der Waals surface area contributed by atoms with Gasteiger partial charge in [0.2, 0.25) is 11.8 Å². The second-order valence-corrected chi connectivity index (χ2v) is 8.25. The van der Waals surface area contributed by atoms with Crippen molar-refractivity contribution in [2.75, 3.05) is 23.4 Å². The molecule has 1 fully saturated rings. The molecule has 0 radical (unpaired) electrons. The summed E-state index contributed by atoms with van der Waals surface area (Å²) in [5.74, 6) is -1.85. The normalized spacial score (nSPS) is 15.1. The lowest BCUT2D eigenvalue weighted by atomic mass is 10.1. The molecule has 1 N–H and O–H groups in total. The average molecular weight is 477 g/mol. The minimum Gasteiger partial charge on any atom is -0.454 e. The van der Waals surface area contributed by atoms with Crippen LogP contribution in [0.4, 0.5) is 11.4 Å². The molecule has 7 nitrogen and oxygen atoms in total. The van der Waals surface area contributed by atoms with E-state index in [1.807, 2.05) is 0 Å². The minimum atomic E-state index is -0.637. The lowest BCUT2D eigenvalue weighted by Gasteiger charge is -2.16. The number of esters is 1. The molecule has 3 aromatic rings. The summed E-state index contributed by atoms with van der Waals surface area (Å²) in [5.41, 5.74) is 1.90. The molecule has 1 heterocycles. The number of anilines is 2. The monoisotopic (exact) mass is 476 g/mol. The van der Waals surface area contributed by atoms with E-state index in [0.717, 1.165) is 0 Å². The first-order valence-corrected chi connectivity index (χ1v) is 11.0. The molecular weight excluding hydrogens is 456 g/mol. The number of amides is 2. The fraction of sp³-hybridized carbons (Fsp3) is 0.154. The Hall–Kier alpha value is -3.97. The van der Waals surface area contributed by atoms with Crippen LogP contribution in [0.5, 0.6) is 0 Å². The van der Waals surface area contributed by atoms with Gasteiger partial charge in [0, 0.05) is 34.9 Å². The van der Waals surface area contributed by atoms with Gasteiger partial charge >= 0.3 is 5.97 Å². The Labute approximate surface area is 201 Å². The van der Waals surface area contributed by atoms with Crippen molar-refractivity contribution in [1.29, 1.82) is 0 Å². The van der Waals surface area contributed by atoms with Crippen molar-refractivity contribution in [3.63, 3.8) is 0 Å². The zero-order valence-electron chi connectivity index (χ0n) is 18.1. The van der Waals surface area contributed by atoms with Crippen LogP contribution in [-0.2, 0) is 14.3 Å². The standard InChI is InChI=1S/C26H21ClN2O5/c27-20-8-12-22(13-9-20)29-15-19(14-24(29)31)25(32)28-21-10-6-18(7-11-21)26(33)34-16-23(30)17-4-2-1-3-5-17/h1-13,19H,14-16H2,(H,28,32)/t19-/m0/s1. The molecule has 0 saturated carbocycles. The number of ether oxygens (including phenoxy) is 1. The summed E-state index contributed by atoms with van der Waals surface area (Å²) in [6, 6.07) is 21.6. The second-order valence-electron chi connectivity index (χ2n) is 7.81. The number of hydrogen-bond acceptors (Lipinski definition) is 5. The molecule has 2 amide bonds. The Morgan fingerprint density at radius 3 is 2.26 bits per heavy atom. The molecule has 0 bridgehead atoms. The summed E-state index contributed by atoms with van der Waals surface area (Å²) in [6.07, 6.45) is 0.105. The smallest absolute Gasteiger partial charge is 0.338 e. The average Bonchev–Trinajstić information content (AvgIpc) is 3.25. The number of Topliss-reactive ketones (excluding diaryl/α,β-unsaturated/α-hetero) is 1. The van der Waals surface area contributed by atoms with Crippen LogP contribution in [0.25, 0.3) is 0 Å². The van der Waals surface area contributed by atoms with E-state index in [1.165, 1.54) is 12.1 Å². The second kappa shape index (κ2) is 10.3. The number of rotatable bonds is 7. The van der Waals surface area contributed by atoms with Gasteiger partial charge in [-0.3, -0.25) is 14.4 Å². The predicted molar refractivity (Wildman–Crippen MR) is 128 cm³/mol. The van der Waals surface area contributed by atoms with Crippen LogP contribution < -0.4 is 10.2 Å². The highest BCUT2D eigenvalue weighted by atomic mass is 35.5. The Balaban J connectivity index is 1.30. The highest BCUT2D eigenvalue weighted by Gasteiger charge is 2.35. The summed E-state index contributed by atoms with van der Waals surface area (Å²) in [7, 11) is 0. The van der Waals surface area contributed by atoms with E-state index < -0.39 is 11.9 Å². The first-order chi connectivity index (χ1) is 16.4. The zero-order chi connectivity index (χ0) is 24.1. The highest BCUT2D eigenvalue weighted by molar-refractivity contribution is 6.30. The van der Waals surface area contributed by atoms with E-state index in [-0.39, 0.29) is 42.7 Å². The fourth-order valence-electron chi connectivity index (χ4n) is 3.61. The van der Waals surface area contributed by atoms with Gasteiger partial charge in [-0.15, -0.1) is 0 Å². The summed E-state index contributed by atoms with van der Waals surface area (Å²) in [5, 5.41) is 3.35. The first kappa shape index (κ1) is 23.2. The molecule has 1 aliphatic heterocycles. The van der Waals surface area contributed by atoms with Crippen molar-refractivity contribution >= 4 is 46.5 Å². The molecular formula is C26H21ClN2O5. The summed E-state index contributed by atoms with van der Waals surface area (Å²) < 4.78 is 5.09. The van der Waals surface area contributed by atoms with Crippen LogP contribution in [0.2, 0.25) is 5.02 Å². The van der Waals surface area contributed by atoms with Crippen molar-refractivity contribution in [3.8, 4) is 0 Å². The number of benzene rings is 3. The van der Waals surface area contributed by atoms with E-state index in [9.17, 15) is 19.2 Å². The number of carbonyl (C=O) groups is 4. The van der Waals surface area contributed by atoms with Gasteiger partial charge in [-0.25, -0.2) is 4.79 Å². The number of carbonyl (C=O) groups excluding carboxylic acids is 4. The minimum absolute atomic E-state index is 0.105. The maximum Gasteiger partial charge on any atom is 0.338 e. The zero-order valence-corrected chi connectivity index (χ0v) is 18.8. The summed E-state index contributed by atoms with van der Waals surface area (Å²) in [6.45, 7) is -0.0900. The topological polar surface area (TPSA) is 92.8 Å². The molecule has 0 aromatic heterocycles. The molecule has 0 unspecified atom stereocenters. The van der Waals surface area contributed by atoms with Crippen LogP contribution in [0.15, 0.2) is 78.9 Å². The van der Waals surface area contributed by atoms with Crippen molar-refractivity contribution < 1.29 is 23.9 Å². The van der Waals surface area contributed by atoms with Crippen LogP contribution in [0.1, 0.15) is 27.1 Å². The highest BCUT2D eigenvalue weighted by Crippen LogP contribution is 2.27. The van der Waals surface area contributed by atoms with Gasteiger partial charge < -0.3 is 15.0 Å². The molecule has 1 aliphatic rings. The van der Waals surface area contributed by atoms with E-state index in [0.29, 0.717) is 22.0 Å². The van der Waals surface area contributed by atoms with E-state index in [4.69, 9.17) is 16.3 Å². The summed E-state index contributed by atoms with van der Waals surface area (Å²) >= 11 is 5.90. The molecule has 34 heavy (non-hydrogen) atoms. The van der Waals surface area contributed by atoms with Gasteiger partial charge in [0.1, 0.15) is 0 Å². The molecule has 8 heteroatoms. The van der Waals surface area contributed by atoms with Gasteiger partial charge in [0.15, 0.2) is 12.4 Å². The maximum absolute atomic E-state index is 12.7. The van der Waals surface area contributed by atoms with Crippen molar-refractivity contribution in [1.82, 2.24) is 0 Å². The van der Waals surface area contributed by atoms with Crippen molar-refractivity contribution in [2.45, 2.75) is 6.42 Å². The van der Waals surface area contributed by atoms with Crippen molar-refractivity contribution in [2.24, 2.45) is 5.92 Å². The molecule has 1 atom stereocenters. The van der Waals surface area contributed by atoms with Crippen LogP contribution in [-0.4, -0.2) is 36.7 Å². The van der Waals surface area contributed by atoms with Gasteiger partial charge in [-0.1, -0.05) is 41.9 Å². The number of halogens is 1. The molecule has 172 valence electrons. The molecule has 3 aromatic carbocycles. The molecule has 1 saturated heterocycles. The third-order valence-electron chi connectivity index (χ3n) is 5.45. The Morgan fingerprint density at radius 2 is 1.59 bits per heavy atom. The third kappa shape index (κ3) is 5.50. The molecule has 4 rings (SSSR count). The number of nitrogens with one attached hydrogen (secondary N) is 1. The quantitative estimate of drug-likeness (QED) is 0.403. The van der Waals surface area contributed by atoms with Gasteiger partial charge in [-0.2, -0.15) is 0 Å². The van der Waals surface area contributed by atoms with Crippen LogP contribution >= 0.6 is 11.6 Å². The van der Waals surface area contributed by atoms with Gasteiger partial charge in [0.05, 0.1) is 11.5 Å². The predicted octanol–water partition coefficient (Wildman–Crippen LogP) is 4.37. The Kier molecular flexibility index (Phi) is 7.04.